The minimum absolute atomic E-state index is 0.269. The average Bonchev–Trinajstić information content (AvgIpc) is 3.28. The highest BCUT2D eigenvalue weighted by molar-refractivity contribution is 6.02. The highest BCUT2D eigenvalue weighted by atomic mass is 19.4. The fraction of sp³-hybridized carbons (Fsp3) is 0.120. The van der Waals surface area contributed by atoms with Crippen LogP contribution in [0.3, 0.4) is 0 Å². The van der Waals surface area contributed by atoms with Gasteiger partial charge in [0.15, 0.2) is 0 Å². The number of fused-ring (bicyclic) bond motifs is 1. The lowest BCUT2D eigenvalue weighted by atomic mass is 10.2. The SMILES string of the molecule is NC(=CC(N)=NC(=O)n1ccc2cc(Oc3cc(COCc4ccccc4)ncn3)ccc21)C(F)(F)F. The first-order valence-corrected chi connectivity index (χ1v) is 10.8. The molecular weight excluding hydrogens is 489 g/mol. The van der Waals surface area contributed by atoms with Crippen LogP contribution in [0.15, 0.2) is 90.0 Å². The molecule has 2 aromatic heterocycles. The summed E-state index contributed by atoms with van der Waals surface area (Å²) >= 11 is 0. The third-order valence-electron chi connectivity index (χ3n) is 5.01. The second kappa shape index (κ2) is 10.9. The molecule has 9 nitrogen and oxygen atoms in total. The van der Waals surface area contributed by atoms with Crippen molar-refractivity contribution in [3.63, 3.8) is 0 Å². The zero-order chi connectivity index (χ0) is 26.4. The fourth-order valence-electron chi connectivity index (χ4n) is 3.27. The van der Waals surface area contributed by atoms with E-state index in [1.165, 1.54) is 12.5 Å². The number of amides is 1. The number of hydrogen-bond donors (Lipinski definition) is 2. The number of rotatable bonds is 7. The maximum atomic E-state index is 12.5. The largest absolute Gasteiger partial charge is 0.439 e. The molecular formula is C25H21F3N6O3. The van der Waals surface area contributed by atoms with Gasteiger partial charge in [0.2, 0.25) is 5.88 Å². The molecule has 2 heterocycles. The smallest absolute Gasteiger partial charge is 0.430 e. The van der Waals surface area contributed by atoms with Gasteiger partial charge in [-0.2, -0.15) is 18.2 Å². The molecule has 0 saturated carbocycles. The van der Waals surface area contributed by atoms with Crippen molar-refractivity contribution >= 4 is 22.8 Å². The van der Waals surface area contributed by atoms with E-state index in [-0.39, 0.29) is 6.61 Å². The highest BCUT2D eigenvalue weighted by Crippen LogP contribution is 2.26. The first-order chi connectivity index (χ1) is 17.7. The molecule has 0 aliphatic rings. The van der Waals surface area contributed by atoms with Crippen LogP contribution in [-0.2, 0) is 18.0 Å². The molecule has 0 atom stereocenters. The van der Waals surface area contributed by atoms with Gasteiger partial charge in [-0.25, -0.2) is 14.8 Å². The van der Waals surface area contributed by atoms with Gasteiger partial charge in [0.05, 0.1) is 24.4 Å². The summed E-state index contributed by atoms with van der Waals surface area (Å²) in [5.41, 5.74) is 11.0. The second-order valence-corrected chi connectivity index (χ2v) is 7.75. The van der Waals surface area contributed by atoms with Gasteiger partial charge in [0, 0.05) is 23.7 Å². The molecule has 0 unspecified atom stereocenters. The van der Waals surface area contributed by atoms with Gasteiger partial charge in [0.1, 0.15) is 23.6 Å². The number of ether oxygens (including phenoxy) is 2. The van der Waals surface area contributed by atoms with Gasteiger partial charge in [-0.3, -0.25) is 4.57 Å². The van der Waals surface area contributed by atoms with Gasteiger partial charge in [-0.05, 0) is 29.8 Å². The number of aromatic nitrogens is 3. The van der Waals surface area contributed by atoms with Crippen LogP contribution in [0.5, 0.6) is 11.6 Å². The maximum absolute atomic E-state index is 12.5. The number of allylic oxidation sites excluding steroid dienone is 1. The normalized spacial score (nSPS) is 12.6. The van der Waals surface area contributed by atoms with Crippen molar-refractivity contribution in [2.45, 2.75) is 19.4 Å². The monoisotopic (exact) mass is 510 g/mol. The topological polar surface area (TPSA) is 131 Å². The van der Waals surface area contributed by atoms with Gasteiger partial charge in [-0.15, -0.1) is 0 Å². The van der Waals surface area contributed by atoms with Crippen LogP contribution in [0.2, 0.25) is 0 Å². The minimum atomic E-state index is -4.78. The summed E-state index contributed by atoms with van der Waals surface area (Å²) in [4.78, 5) is 24.2. The quantitative estimate of drug-likeness (QED) is 0.273. The van der Waals surface area contributed by atoms with Crippen LogP contribution in [0, 0.1) is 0 Å². The number of alkyl halides is 3. The van der Waals surface area contributed by atoms with Crippen LogP contribution in [0.4, 0.5) is 18.0 Å². The molecule has 2 aromatic carbocycles. The number of nitrogens with zero attached hydrogens (tertiary/aromatic N) is 4. The number of carbonyl (C=O) groups excluding carboxylic acids is 1. The Bertz CT molecular complexity index is 1470. The van der Waals surface area contributed by atoms with Crippen LogP contribution < -0.4 is 16.2 Å². The highest BCUT2D eigenvalue weighted by Gasteiger charge is 2.31. The minimum Gasteiger partial charge on any atom is -0.439 e. The van der Waals surface area contributed by atoms with E-state index >= 15 is 0 Å². The molecule has 0 aliphatic heterocycles. The lowest BCUT2D eigenvalue weighted by Gasteiger charge is -2.08. The van der Waals surface area contributed by atoms with Crippen molar-refractivity contribution in [3.8, 4) is 11.6 Å². The van der Waals surface area contributed by atoms with Gasteiger partial charge < -0.3 is 20.9 Å². The summed E-state index contributed by atoms with van der Waals surface area (Å²) < 4.78 is 50.3. The Morgan fingerprint density at radius 2 is 1.81 bits per heavy atom. The van der Waals surface area contributed by atoms with Crippen molar-refractivity contribution in [2.75, 3.05) is 0 Å². The molecule has 0 aliphatic carbocycles. The average molecular weight is 510 g/mol. The van der Waals surface area contributed by atoms with Crippen molar-refractivity contribution in [3.05, 3.63) is 96.2 Å². The van der Waals surface area contributed by atoms with E-state index in [1.54, 1.807) is 30.3 Å². The van der Waals surface area contributed by atoms with E-state index in [2.05, 4.69) is 15.0 Å². The van der Waals surface area contributed by atoms with Gasteiger partial charge in [-0.1, -0.05) is 30.3 Å². The van der Waals surface area contributed by atoms with E-state index in [0.717, 1.165) is 10.1 Å². The summed E-state index contributed by atoms with van der Waals surface area (Å²) in [6.07, 6.45) is -1.61. The number of halogens is 3. The van der Waals surface area contributed by atoms with Gasteiger partial charge >= 0.3 is 12.2 Å². The Balaban J connectivity index is 1.43. The zero-order valence-corrected chi connectivity index (χ0v) is 19.2. The predicted octanol–water partition coefficient (Wildman–Crippen LogP) is 4.67. The molecule has 0 spiro atoms. The predicted molar refractivity (Wildman–Crippen MR) is 130 cm³/mol. The molecule has 37 heavy (non-hydrogen) atoms. The second-order valence-electron chi connectivity index (χ2n) is 7.75. The summed E-state index contributed by atoms with van der Waals surface area (Å²) in [5, 5.41) is 0.616. The number of nitrogens with two attached hydrogens (primary N) is 2. The Morgan fingerprint density at radius 1 is 1.03 bits per heavy atom. The summed E-state index contributed by atoms with van der Waals surface area (Å²) in [7, 11) is 0. The molecule has 0 radical (unpaired) electrons. The van der Waals surface area contributed by atoms with Crippen molar-refractivity contribution in [1.82, 2.24) is 14.5 Å². The maximum Gasteiger partial charge on any atom is 0.430 e. The van der Waals surface area contributed by atoms with Crippen LogP contribution in [-0.4, -0.2) is 32.6 Å². The van der Waals surface area contributed by atoms with E-state index in [0.29, 0.717) is 40.9 Å². The standard InChI is InChI=1S/C25H21F3N6O3/c26-25(27,28)21(29)12-22(30)33-24(35)34-9-8-17-10-19(6-7-20(17)34)37-23-11-18(31-15-32-23)14-36-13-16-4-2-1-3-5-16/h1-12,15H,13-14,29H2,(H2,30,33,35). The lowest BCUT2D eigenvalue weighted by molar-refractivity contribution is -0.0925. The lowest BCUT2D eigenvalue weighted by Crippen LogP contribution is -2.23. The molecule has 0 fully saturated rings. The van der Waals surface area contributed by atoms with Crippen LogP contribution in [0.1, 0.15) is 11.3 Å². The molecule has 1 amide bonds. The van der Waals surface area contributed by atoms with E-state index in [1.807, 2.05) is 30.3 Å². The number of carbonyl (C=O) groups is 1. The van der Waals surface area contributed by atoms with Crippen molar-refractivity contribution in [2.24, 2.45) is 16.5 Å². The van der Waals surface area contributed by atoms with E-state index in [9.17, 15) is 18.0 Å². The van der Waals surface area contributed by atoms with E-state index in [4.69, 9.17) is 20.9 Å². The Hall–Kier alpha value is -4.71. The van der Waals surface area contributed by atoms with Crippen molar-refractivity contribution in [1.29, 1.82) is 0 Å². The van der Waals surface area contributed by atoms with Crippen LogP contribution in [0.25, 0.3) is 10.9 Å². The Labute approximate surface area is 208 Å². The summed E-state index contributed by atoms with van der Waals surface area (Å²) in [6.45, 7) is 0.709. The summed E-state index contributed by atoms with van der Waals surface area (Å²) in [5.74, 6) is 0.0694. The summed E-state index contributed by atoms with van der Waals surface area (Å²) in [6, 6.07) is 17.0. The van der Waals surface area contributed by atoms with Gasteiger partial charge in [0.25, 0.3) is 0 Å². The molecule has 4 rings (SSSR count). The van der Waals surface area contributed by atoms with Crippen molar-refractivity contribution < 1.29 is 27.4 Å². The van der Waals surface area contributed by atoms with Crippen LogP contribution >= 0.6 is 0 Å². The molecule has 4 N–H and O–H groups in total. The molecule has 4 aromatic rings. The first-order valence-electron chi connectivity index (χ1n) is 10.8. The molecule has 0 bridgehead atoms. The zero-order valence-electron chi connectivity index (χ0n) is 19.2. The number of amidine groups is 1. The third-order valence-corrected chi connectivity index (χ3v) is 5.01. The number of benzene rings is 2. The first kappa shape index (κ1) is 25.4. The molecule has 190 valence electrons. The Morgan fingerprint density at radius 3 is 2.57 bits per heavy atom. The molecule has 0 saturated heterocycles. The number of hydrogen-bond acceptors (Lipinski definition) is 6. The fourth-order valence-corrected chi connectivity index (χ4v) is 3.27. The molecule has 12 heteroatoms. The Kier molecular flexibility index (Phi) is 7.49. The van der Waals surface area contributed by atoms with E-state index < -0.39 is 23.7 Å². The number of aliphatic imine (C=N–C) groups is 1. The third kappa shape index (κ3) is 6.70.